The number of allylic oxidation sites excluding steroid dienone is 1. The summed E-state index contributed by atoms with van der Waals surface area (Å²) in [6, 6.07) is -2.74. The largest absolute Gasteiger partial charge is 0.477 e. The normalized spacial score (nSPS) is 39.8. The summed E-state index contributed by atoms with van der Waals surface area (Å²) in [4.78, 5) is 36.3. The van der Waals surface area contributed by atoms with Gasteiger partial charge in [-0.3, -0.25) is 9.59 Å². The molecule has 0 saturated carbocycles. The first-order valence-electron chi connectivity index (χ1n) is 16.3. The molecular weight excluding hydrogens is 692 g/mol. The molecule has 3 aliphatic rings. The van der Waals surface area contributed by atoms with Crippen LogP contribution in [0.4, 0.5) is 0 Å². The quantitative estimate of drug-likeness (QED) is 0.0487. The predicted octanol–water partition coefficient (Wildman–Crippen LogP) is -6.09. The van der Waals surface area contributed by atoms with E-state index in [1.807, 2.05) is 0 Å². The molecule has 0 aromatic carbocycles. The molecule has 3 fully saturated rings. The molecule has 294 valence electrons. The minimum Gasteiger partial charge on any atom is -0.477 e. The molecule has 3 aliphatic heterocycles. The van der Waals surface area contributed by atoms with Crippen LogP contribution < -0.4 is 10.6 Å². The number of carbonyl (C=O) groups is 3. The summed E-state index contributed by atoms with van der Waals surface area (Å²) in [6.45, 7) is 3.25. The average molecular weight is 743 g/mol. The highest BCUT2D eigenvalue weighted by Gasteiger charge is 2.57. The zero-order valence-corrected chi connectivity index (χ0v) is 28.0. The van der Waals surface area contributed by atoms with Crippen LogP contribution in [0.15, 0.2) is 12.7 Å². The smallest absolute Gasteiger partial charge is 0.364 e. The van der Waals surface area contributed by atoms with Gasteiger partial charge < -0.3 is 90.1 Å². The maximum Gasteiger partial charge on any atom is 0.364 e. The molecule has 0 aromatic heterocycles. The van der Waals surface area contributed by atoms with E-state index in [2.05, 4.69) is 17.2 Å². The molecule has 16 atom stereocenters. The Kier molecular flexibility index (Phi) is 16.0. The van der Waals surface area contributed by atoms with Gasteiger partial charge in [0.15, 0.2) is 12.6 Å². The number of aliphatic carboxylic acids is 1. The number of aliphatic hydroxyl groups is 9. The maximum atomic E-state index is 12.5. The van der Waals surface area contributed by atoms with E-state index < -0.39 is 142 Å². The van der Waals surface area contributed by atoms with Crippen molar-refractivity contribution >= 4 is 17.8 Å². The van der Waals surface area contributed by atoms with Gasteiger partial charge in [0.25, 0.3) is 5.79 Å². The van der Waals surface area contributed by atoms with Gasteiger partial charge in [-0.2, -0.15) is 0 Å². The molecule has 0 aliphatic carbocycles. The van der Waals surface area contributed by atoms with Crippen LogP contribution in [0, 0.1) is 0 Å². The molecule has 0 spiro atoms. The first kappa shape index (κ1) is 43.0. The van der Waals surface area contributed by atoms with Crippen molar-refractivity contribution in [3.05, 3.63) is 12.7 Å². The Labute approximate surface area is 292 Å². The van der Waals surface area contributed by atoms with Crippen LogP contribution >= 0.6 is 0 Å². The number of carboxylic acids is 1. The van der Waals surface area contributed by atoms with Crippen LogP contribution in [-0.4, -0.2) is 193 Å². The van der Waals surface area contributed by atoms with Gasteiger partial charge in [-0.15, -0.1) is 6.58 Å². The zero-order chi connectivity index (χ0) is 38.2. The van der Waals surface area contributed by atoms with E-state index in [-0.39, 0.29) is 6.61 Å². The van der Waals surface area contributed by atoms with Crippen molar-refractivity contribution in [1.29, 1.82) is 0 Å². The Balaban J connectivity index is 1.82. The second-order valence-electron chi connectivity index (χ2n) is 12.5. The number of hydrogen-bond acceptors (Lipinski definition) is 18. The number of aliphatic hydroxyl groups excluding tert-OH is 9. The van der Waals surface area contributed by atoms with Crippen LogP contribution in [0.25, 0.3) is 0 Å². The van der Waals surface area contributed by atoms with Crippen molar-refractivity contribution in [2.45, 2.75) is 131 Å². The van der Waals surface area contributed by atoms with Crippen molar-refractivity contribution in [1.82, 2.24) is 10.6 Å². The Morgan fingerprint density at radius 2 is 1.55 bits per heavy atom. The highest BCUT2D eigenvalue weighted by molar-refractivity contribution is 5.76. The number of unbranched alkanes of at least 4 members (excludes halogenated alkanes) is 1. The minimum absolute atomic E-state index is 0.133. The average Bonchev–Trinajstić information content (AvgIpc) is 3.08. The van der Waals surface area contributed by atoms with E-state index in [0.29, 0.717) is 12.8 Å². The van der Waals surface area contributed by atoms with E-state index in [0.717, 1.165) is 6.92 Å². The van der Waals surface area contributed by atoms with Crippen LogP contribution in [0.2, 0.25) is 0 Å². The summed E-state index contributed by atoms with van der Waals surface area (Å²) >= 11 is 0. The van der Waals surface area contributed by atoms with Crippen LogP contribution in [0.5, 0.6) is 0 Å². The fraction of sp³-hybridized carbons (Fsp3) is 0.833. The molecule has 3 saturated heterocycles. The predicted molar refractivity (Wildman–Crippen MR) is 165 cm³/mol. The van der Waals surface area contributed by atoms with Gasteiger partial charge in [-0.25, -0.2) is 4.79 Å². The third kappa shape index (κ3) is 10.4. The number of ether oxygens (including phenoxy) is 6. The van der Waals surface area contributed by atoms with Crippen LogP contribution in [-0.2, 0) is 42.8 Å². The summed E-state index contributed by atoms with van der Waals surface area (Å²) in [5.41, 5.74) is 0. The molecule has 0 aromatic rings. The lowest BCUT2D eigenvalue weighted by Gasteiger charge is -2.48. The lowest BCUT2D eigenvalue weighted by atomic mass is 9.88. The second kappa shape index (κ2) is 19.0. The summed E-state index contributed by atoms with van der Waals surface area (Å²) in [5, 5.41) is 109. The summed E-state index contributed by atoms with van der Waals surface area (Å²) in [6.07, 6.45) is -21.2. The second-order valence-corrected chi connectivity index (χ2v) is 12.5. The first-order chi connectivity index (χ1) is 24.0. The first-order valence-corrected chi connectivity index (χ1v) is 16.3. The molecule has 2 amide bonds. The van der Waals surface area contributed by atoms with E-state index in [1.165, 1.54) is 6.92 Å². The highest BCUT2D eigenvalue weighted by atomic mass is 16.8. The third-order valence-corrected chi connectivity index (χ3v) is 8.68. The van der Waals surface area contributed by atoms with Gasteiger partial charge >= 0.3 is 5.97 Å². The molecule has 21 heteroatoms. The van der Waals surface area contributed by atoms with Crippen molar-refractivity contribution in [2.75, 3.05) is 26.4 Å². The van der Waals surface area contributed by atoms with E-state index in [1.54, 1.807) is 6.08 Å². The van der Waals surface area contributed by atoms with Gasteiger partial charge in [0, 0.05) is 20.3 Å². The summed E-state index contributed by atoms with van der Waals surface area (Å²) in [7, 11) is 0. The number of carbonyl (C=O) groups excluding carboxylic acids is 2. The number of nitrogens with one attached hydrogen (secondary N) is 2. The topological polar surface area (TPSA) is 333 Å². The van der Waals surface area contributed by atoms with Gasteiger partial charge in [-0.05, 0) is 12.8 Å². The van der Waals surface area contributed by atoms with Gasteiger partial charge in [-0.1, -0.05) is 6.08 Å². The van der Waals surface area contributed by atoms with Crippen molar-refractivity contribution < 1.29 is 93.9 Å². The Hall–Kier alpha value is -2.45. The maximum absolute atomic E-state index is 12.5. The molecular formula is C30H50N2O19. The Bertz CT molecular complexity index is 1170. The molecule has 0 radical (unpaired) electrons. The molecule has 3 heterocycles. The van der Waals surface area contributed by atoms with E-state index in [9.17, 15) is 65.4 Å². The van der Waals surface area contributed by atoms with Gasteiger partial charge in [0.05, 0.1) is 38.6 Å². The fourth-order valence-corrected chi connectivity index (χ4v) is 6.01. The minimum atomic E-state index is -2.84. The van der Waals surface area contributed by atoms with Crippen molar-refractivity contribution in [2.24, 2.45) is 0 Å². The molecule has 0 unspecified atom stereocenters. The van der Waals surface area contributed by atoms with Crippen LogP contribution in [0.3, 0.4) is 0 Å². The highest BCUT2D eigenvalue weighted by Crippen LogP contribution is 2.35. The molecule has 0 bridgehead atoms. The summed E-state index contributed by atoms with van der Waals surface area (Å²) in [5.74, 6) is -6.00. The lowest BCUT2D eigenvalue weighted by Crippen LogP contribution is -2.69. The van der Waals surface area contributed by atoms with Gasteiger partial charge in [0.2, 0.25) is 11.8 Å². The number of carboxylic acid groups (broad SMARTS) is 1. The molecule has 51 heavy (non-hydrogen) atoms. The lowest BCUT2D eigenvalue weighted by molar-refractivity contribution is -0.360. The number of amides is 2. The van der Waals surface area contributed by atoms with Crippen LogP contribution in [0.1, 0.15) is 33.1 Å². The fourth-order valence-electron chi connectivity index (χ4n) is 6.01. The monoisotopic (exact) mass is 742 g/mol. The molecule has 3 rings (SSSR count). The number of rotatable bonds is 17. The SMILES string of the molecule is C=CCCCO[C@@H]1O[C@H](CO)[C@@H](O[C@@H]2O[C@H](CO[C@]3(C(=O)O)C[C@H](O)[C@@H](NC(C)=O)[C@H]([C@H](O)[C@H](O)CO)O3)[C@H](O)[C@H](O)[C@H]2O)[C@H](O)[C@H]1NC(C)=O. The zero-order valence-electron chi connectivity index (χ0n) is 28.0. The Morgan fingerprint density at radius 1 is 0.922 bits per heavy atom. The van der Waals surface area contributed by atoms with Crippen molar-refractivity contribution in [3.8, 4) is 0 Å². The standard InChI is InChI=1S/C30H50N2O19/c1-4-5-6-7-46-27-19(32-13(3)36)22(41)25(16(10-34)48-27)50-28-24(43)23(42)21(40)17(49-28)11-47-30(29(44)45)8-14(37)18(31-12(2)35)26(51-30)20(39)15(38)9-33/h4,14-28,33-34,37-43H,1,5-11H2,2-3H3,(H,31,35)(H,32,36)(H,44,45)/t14-,15+,16+,17+,18+,19+,20+,21-,22+,23-,24+,25+,26+,27+,28-,30+/m0/s1. The van der Waals surface area contributed by atoms with Gasteiger partial charge in [0.1, 0.15) is 67.1 Å². The molecule has 12 N–H and O–H groups in total. The Morgan fingerprint density at radius 3 is 2.12 bits per heavy atom. The summed E-state index contributed by atoms with van der Waals surface area (Å²) < 4.78 is 33.9. The third-order valence-electron chi connectivity index (χ3n) is 8.68. The molecule has 21 nitrogen and oxygen atoms in total. The number of hydrogen-bond donors (Lipinski definition) is 12. The van der Waals surface area contributed by atoms with E-state index >= 15 is 0 Å². The van der Waals surface area contributed by atoms with E-state index in [4.69, 9.17) is 28.4 Å². The van der Waals surface area contributed by atoms with Crippen molar-refractivity contribution in [3.63, 3.8) is 0 Å².